The lowest BCUT2D eigenvalue weighted by Crippen LogP contribution is -2.38. The first-order valence-corrected chi connectivity index (χ1v) is 15.7. The van der Waals surface area contributed by atoms with E-state index < -0.39 is 11.6 Å². The van der Waals surface area contributed by atoms with Crippen LogP contribution >= 0.6 is 0 Å². The summed E-state index contributed by atoms with van der Waals surface area (Å²) in [4.78, 5) is 40.1. The number of hydrogen-bond donors (Lipinski definition) is 0. The number of halogens is 2. The number of likely N-dealkylation sites (tertiary alicyclic amines) is 1. The molecule has 46 heavy (non-hydrogen) atoms. The largest absolute Gasteiger partial charge is 0.341 e. The van der Waals surface area contributed by atoms with Gasteiger partial charge in [-0.2, -0.15) is 0 Å². The molecule has 1 amide bonds. The second-order valence-electron chi connectivity index (χ2n) is 12.0. The van der Waals surface area contributed by atoms with Crippen molar-refractivity contribution in [1.82, 2.24) is 24.3 Å². The molecule has 0 bridgehead atoms. The number of likely N-dealkylation sites (N-methyl/N-ethyl adjacent to an activating group) is 1. The first kappa shape index (κ1) is 31.2. The van der Waals surface area contributed by atoms with Crippen LogP contribution in [0.2, 0.25) is 0 Å². The summed E-state index contributed by atoms with van der Waals surface area (Å²) in [6, 6.07) is 26.6. The number of Topliss-reactive ketones (excluding diaryl/α,β-unsaturated/α-hetero) is 1. The van der Waals surface area contributed by atoms with Crippen LogP contribution in [0.25, 0.3) is 11.0 Å². The number of ketones is 1. The van der Waals surface area contributed by atoms with Crippen LogP contribution in [0.3, 0.4) is 0 Å². The number of aromatic nitrogens is 3. The van der Waals surface area contributed by atoms with E-state index in [0.717, 1.165) is 35.9 Å². The van der Waals surface area contributed by atoms with Crippen LogP contribution in [0.1, 0.15) is 57.4 Å². The molecule has 236 valence electrons. The van der Waals surface area contributed by atoms with E-state index in [1.54, 1.807) is 36.3 Å². The summed E-state index contributed by atoms with van der Waals surface area (Å²) >= 11 is 0. The molecule has 0 spiro atoms. The summed E-state index contributed by atoms with van der Waals surface area (Å²) in [6.45, 7) is 3.00. The van der Waals surface area contributed by atoms with Crippen LogP contribution in [0.5, 0.6) is 0 Å². The topological polar surface area (TPSA) is 71.3 Å². The number of nitrogens with zero attached hydrogens (tertiary/aromatic N) is 5. The molecular weight excluding hydrogens is 584 g/mol. The number of imidazole rings is 1. The Morgan fingerprint density at radius 1 is 0.913 bits per heavy atom. The van der Waals surface area contributed by atoms with Gasteiger partial charge in [-0.1, -0.05) is 42.5 Å². The fraction of sp³-hybridized carbons (Fsp3) is 0.297. The molecule has 0 aliphatic carbocycles. The van der Waals surface area contributed by atoms with Crippen LogP contribution in [0.15, 0.2) is 97.2 Å². The predicted molar refractivity (Wildman–Crippen MR) is 174 cm³/mol. The molecule has 2 aromatic heterocycles. The van der Waals surface area contributed by atoms with E-state index in [1.165, 1.54) is 6.07 Å². The van der Waals surface area contributed by atoms with Gasteiger partial charge in [0.1, 0.15) is 0 Å². The molecule has 1 saturated heterocycles. The van der Waals surface area contributed by atoms with E-state index in [9.17, 15) is 18.4 Å². The van der Waals surface area contributed by atoms with Gasteiger partial charge in [-0.05, 0) is 93.0 Å². The van der Waals surface area contributed by atoms with Gasteiger partial charge in [0.05, 0.1) is 23.3 Å². The van der Waals surface area contributed by atoms with Gasteiger partial charge in [-0.25, -0.2) is 13.8 Å². The minimum atomic E-state index is -0.895. The molecule has 1 unspecified atom stereocenters. The summed E-state index contributed by atoms with van der Waals surface area (Å²) in [6.07, 6.45) is 3.81. The first-order valence-electron chi connectivity index (χ1n) is 15.7. The highest BCUT2D eigenvalue weighted by atomic mass is 19.2. The molecule has 1 aliphatic rings. The Morgan fingerprint density at radius 2 is 1.65 bits per heavy atom. The number of rotatable bonds is 11. The van der Waals surface area contributed by atoms with Crippen molar-refractivity contribution in [3.63, 3.8) is 0 Å². The molecule has 9 heteroatoms. The zero-order valence-corrected chi connectivity index (χ0v) is 25.9. The monoisotopic (exact) mass is 621 g/mol. The Morgan fingerprint density at radius 3 is 2.39 bits per heavy atom. The summed E-state index contributed by atoms with van der Waals surface area (Å²) in [5.74, 6) is -1.74. The number of para-hydroxylation sites is 2. The van der Waals surface area contributed by atoms with Crippen molar-refractivity contribution < 1.29 is 18.4 Å². The first-order chi connectivity index (χ1) is 22.4. The molecule has 7 nitrogen and oxygen atoms in total. The summed E-state index contributed by atoms with van der Waals surface area (Å²) in [5, 5.41) is 0. The number of hydrogen-bond acceptors (Lipinski definition) is 5. The Balaban J connectivity index is 1.12. The molecule has 0 N–H and O–H groups in total. The van der Waals surface area contributed by atoms with Gasteiger partial charge in [0.2, 0.25) is 5.78 Å². The number of carbonyl (C=O) groups is 2. The Bertz CT molecular complexity index is 1800. The van der Waals surface area contributed by atoms with Crippen LogP contribution in [0, 0.1) is 17.6 Å². The van der Waals surface area contributed by atoms with Crippen LogP contribution < -0.4 is 0 Å². The number of pyridine rings is 1. The lowest BCUT2D eigenvalue weighted by molar-refractivity contribution is 0.0779. The minimum absolute atomic E-state index is 0.0486. The highest BCUT2D eigenvalue weighted by Gasteiger charge is 2.30. The van der Waals surface area contributed by atoms with E-state index in [1.807, 2.05) is 65.2 Å². The molecule has 0 radical (unpaired) electrons. The molecule has 0 saturated carbocycles. The maximum atomic E-state index is 14.3. The van der Waals surface area contributed by atoms with Crippen molar-refractivity contribution in [1.29, 1.82) is 0 Å². The van der Waals surface area contributed by atoms with Crippen molar-refractivity contribution in [2.45, 2.75) is 31.7 Å². The fourth-order valence-corrected chi connectivity index (χ4v) is 6.36. The third-order valence-electron chi connectivity index (χ3n) is 8.95. The SMILES string of the molecule is CN(CC(CCN1CCC(C(=O)c2nc3ccccc3n2Cc2ccccn2)CC1)c1ccc(F)c(F)c1)C(=O)c1ccccc1. The molecule has 1 aliphatic heterocycles. The standard InChI is InChI=1S/C37H37F2N5O2/c1-42(37(46)27-9-3-2-4-10-27)24-29(28-14-15-31(38)32(39)23-28)18-22-43-20-16-26(17-21-43)35(45)36-41-33-12-5-6-13-34(33)44(36)25-30-11-7-8-19-40-30/h2-15,19,23,26,29H,16-18,20-22,24-25H2,1H3. The number of piperidine rings is 1. The van der Waals surface area contributed by atoms with Crippen LogP contribution in [-0.4, -0.2) is 69.3 Å². The Labute approximate surface area is 267 Å². The average Bonchev–Trinajstić information content (AvgIpc) is 3.46. The van der Waals surface area contributed by atoms with Gasteiger partial charge in [0.25, 0.3) is 5.91 Å². The molecule has 3 heterocycles. The molecule has 6 rings (SSSR count). The predicted octanol–water partition coefficient (Wildman–Crippen LogP) is 6.60. The van der Waals surface area contributed by atoms with Crippen molar-refractivity contribution in [3.05, 3.63) is 131 Å². The highest BCUT2D eigenvalue weighted by molar-refractivity contribution is 5.98. The molecule has 5 aromatic rings. The van der Waals surface area contributed by atoms with Crippen molar-refractivity contribution in [2.75, 3.05) is 33.2 Å². The van der Waals surface area contributed by atoms with E-state index in [-0.39, 0.29) is 23.5 Å². The van der Waals surface area contributed by atoms with Crippen LogP contribution in [0.4, 0.5) is 8.78 Å². The van der Waals surface area contributed by atoms with Gasteiger partial charge < -0.3 is 14.4 Å². The lowest BCUT2D eigenvalue weighted by atomic mass is 9.90. The third-order valence-corrected chi connectivity index (χ3v) is 8.95. The number of amides is 1. The van der Waals surface area contributed by atoms with E-state index in [2.05, 4.69) is 9.88 Å². The quantitative estimate of drug-likeness (QED) is 0.156. The fourth-order valence-electron chi connectivity index (χ4n) is 6.36. The van der Waals surface area contributed by atoms with E-state index in [0.29, 0.717) is 55.8 Å². The minimum Gasteiger partial charge on any atom is -0.341 e. The van der Waals surface area contributed by atoms with Gasteiger partial charge >= 0.3 is 0 Å². The van der Waals surface area contributed by atoms with E-state index in [4.69, 9.17) is 4.98 Å². The smallest absolute Gasteiger partial charge is 0.253 e. The molecule has 1 atom stereocenters. The summed E-state index contributed by atoms with van der Waals surface area (Å²) in [7, 11) is 1.74. The van der Waals surface area contributed by atoms with E-state index >= 15 is 0 Å². The van der Waals surface area contributed by atoms with Gasteiger partial charge in [-0.15, -0.1) is 0 Å². The number of fused-ring (bicyclic) bond motifs is 1. The zero-order chi connectivity index (χ0) is 32.0. The number of carbonyl (C=O) groups excluding carboxylic acids is 2. The lowest BCUT2D eigenvalue weighted by Gasteiger charge is -2.33. The molecular formula is C37H37F2N5O2. The van der Waals surface area contributed by atoms with Gasteiger partial charge in [-0.3, -0.25) is 14.6 Å². The maximum Gasteiger partial charge on any atom is 0.253 e. The second-order valence-corrected chi connectivity index (χ2v) is 12.0. The second kappa shape index (κ2) is 14.1. The molecule has 1 fully saturated rings. The summed E-state index contributed by atoms with van der Waals surface area (Å²) < 4.78 is 30.0. The highest BCUT2D eigenvalue weighted by Crippen LogP contribution is 2.28. The van der Waals surface area contributed by atoms with Crippen molar-refractivity contribution in [2.24, 2.45) is 5.92 Å². The average molecular weight is 622 g/mol. The third kappa shape index (κ3) is 7.05. The van der Waals surface area contributed by atoms with Crippen LogP contribution in [-0.2, 0) is 6.54 Å². The Kier molecular flexibility index (Phi) is 9.59. The Hall–Kier alpha value is -4.76. The molecule has 3 aromatic carbocycles. The number of benzene rings is 3. The van der Waals surface area contributed by atoms with Crippen molar-refractivity contribution in [3.8, 4) is 0 Å². The summed E-state index contributed by atoms with van der Waals surface area (Å²) in [5.41, 5.74) is 3.80. The van der Waals surface area contributed by atoms with Crippen molar-refractivity contribution >= 4 is 22.7 Å². The van der Waals surface area contributed by atoms with Gasteiger partial charge in [0.15, 0.2) is 17.5 Å². The van der Waals surface area contributed by atoms with Gasteiger partial charge in [0, 0.05) is 37.2 Å². The maximum absolute atomic E-state index is 14.3. The zero-order valence-electron chi connectivity index (χ0n) is 25.9. The normalized spacial score (nSPS) is 14.8.